The first-order valence-electron chi connectivity index (χ1n) is 8.42. The Hall–Kier alpha value is -4.83. The fraction of sp³-hybridized carbons (Fsp3) is 0.0870. The molecule has 0 fully saturated rings. The van der Waals surface area contributed by atoms with E-state index in [2.05, 4.69) is 79.7 Å². The number of anilines is 1. The molecule has 29 heavy (non-hydrogen) atoms. The lowest BCUT2D eigenvalue weighted by molar-refractivity contribution is -0.111. The normalized spacial score (nSPS) is 8.48. The van der Waals surface area contributed by atoms with Gasteiger partial charge in [-0.3, -0.25) is 9.89 Å². The number of rotatable bonds is 2. The van der Waals surface area contributed by atoms with Gasteiger partial charge < -0.3 is 5.32 Å². The van der Waals surface area contributed by atoms with Crippen molar-refractivity contribution in [3.63, 3.8) is 0 Å². The number of fused-ring (bicyclic) bond motifs is 1. The average Bonchev–Trinajstić information content (AvgIpc) is 3.25. The maximum atomic E-state index is 11.8. The predicted octanol–water partition coefficient (Wildman–Crippen LogP) is 2.01. The van der Waals surface area contributed by atoms with Crippen molar-refractivity contribution in [2.24, 2.45) is 0 Å². The fourth-order valence-electron chi connectivity index (χ4n) is 2.22. The molecule has 0 spiro atoms. The molecule has 0 aliphatic rings. The van der Waals surface area contributed by atoms with E-state index in [1.165, 1.54) is 0 Å². The lowest BCUT2D eigenvalue weighted by Gasteiger charge is -2.01. The summed E-state index contributed by atoms with van der Waals surface area (Å²) in [7, 11) is 0. The van der Waals surface area contributed by atoms with E-state index in [4.69, 9.17) is 0 Å². The quantitative estimate of drug-likeness (QED) is 0.673. The first kappa shape index (κ1) is 18.9. The van der Waals surface area contributed by atoms with Gasteiger partial charge in [0.25, 0.3) is 0 Å². The van der Waals surface area contributed by atoms with Crippen LogP contribution in [0.15, 0.2) is 30.3 Å². The van der Waals surface area contributed by atoms with Crippen molar-refractivity contribution in [3.8, 4) is 70.6 Å². The highest BCUT2D eigenvalue weighted by Crippen LogP contribution is 2.19. The lowest BCUT2D eigenvalue weighted by Crippen LogP contribution is -2.08. The van der Waals surface area contributed by atoms with E-state index in [0.29, 0.717) is 11.5 Å². The Kier molecular flexibility index (Phi) is 6.02. The van der Waals surface area contributed by atoms with Crippen LogP contribution in [0.4, 0.5) is 5.69 Å². The number of aromatic nitrogens is 4. The van der Waals surface area contributed by atoms with E-state index >= 15 is 0 Å². The largest absolute Gasteiger partial charge is 0.315 e. The van der Waals surface area contributed by atoms with Gasteiger partial charge in [-0.25, -0.2) is 4.98 Å². The SMILES string of the molecule is CC#CC#CC#CC#CC#CC(=O)Nc1ccc(-c2nc3cc(C)[nH]n3n2)cc1. The second-order valence-electron chi connectivity index (χ2n) is 5.55. The number of amides is 1. The van der Waals surface area contributed by atoms with Crippen molar-refractivity contribution in [1.29, 1.82) is 0 Å². The number of aryl methyl sites for hydroxylation is 1. The number of H-pyrrole nitrogens is 1. The molecule has 6 nitrogen and oxygen atoms in total. The van der Waals surface area contributed by atoms with Crippen molar-refractivity contribution in [1.82, 2.24) is 19.8 Å². The zero-order chi connectivity index (χ0) is 20.5. The summed E-state index contributed by atoms with van der Waals surface area (Å²) in [5.41, 5.74) is 3.17. The van der Waals surface area contributed by atoms with Crippen LogP contribution >= 0.6 is 0 Å². The Morgan fingerprint density at radius 2 is 1.66 bits per heavy atom. The molecule has 3 rings (SSSR count). The van der Waals surface area contributed by atoms with Gasteiger partial charge >= 0.3 is 5.91 Å². The summed E-state index contributed by atoms with van der Waals surface area (Å²) in [4.78, 5) is 16.3. The molecule has 0 radical (unpaired) electrons. The molecule has 0 atom stereocenters. The van der Waals surface area contributed by atoms with E-state index in [1.807, 2.05) is 25.1 Å². The summed E-state index contributed by atoms with van der Waals surface area (Å²) >= 11 is 0. The highest BCUT2D eigenvalue weighted by molar-refractivity contribution is 6.04. The molecule has 0 bridgehead atoms. The van der Waals surface area contributed by atoms with Crippen molar-refractivity contribution in [2.75, 3.05) is 5.32 Å². The number of nitrogens with one attached hydrogen (secondary N) is 2. The highest BCUT2D eigenvalue weighted by Gasteiger charge is 2.08. The van der Waals surface area contributed by atoms with Crippen LogP contribution in [-0.4, -0.2) is 25.7 Å². The molecule has 6 heteroatoms. The maximum Gasteiger partial charge on any atom is 0.301 e. The third kappa shape index (κ3) is 5.32. The number of hydrogen-bond donors (Lipinski definition) is 2. The van der Waals surface area contributed by atoms with E-state index in [1.54, 1.807) is 23.7 Å². The first-order valence-corrected chi connectivity index (χ1v) is 8.42. The molecule has 1 amide bonds. The van der Waals surface area contributed by atoms with Gasteiger partial charge in [-0.05, 0) is 85.5 Å². The molecule has 3 aromatic rings. The molecule has 2 aromatic heterocycles. The minimum Gasteiger partial charge on any atom is -0.315 e. The monoisotopic (exact) mass is 375 g/mol. The summed E-state index contributed by atoms with van der Waals surface area (Å²) < 4.78 is 1.62. The standard InChI is InChI=1S/C23H13N5O/c1-3-4-5-6-7-8-9-10-11-12-22(29)24-20-15-13-19(14-16-20)23-25-21-17-18(2)26-28(21)27-23/h13-17,26H,1-2H3,(H,24,29). The lowest BCUT2D eigenvalue weighted by atomic mass is 10.2. The average molecular weight is 375 g/mol. The highest BCUT2D eigenvalue weighted by atomic mass is 16.1. The first-order chi connectivity index (χ1) is 14.2. The minimum atomic E-state index is -0.470. The van der Waals surface area contributed by atoms with E-state index < -0.39 is 5.91 Å². The van der Waals surface area contributed by atoms with Crippen molar-refractivity contribution in [2.45, 2.75) is 13.8 Å². The summed E-state index contributed by atoms with van der Waals surface area (Å²) in [5, 5.41) is 10.1. The Bertz CT molecular complexity index is 1350. The summed E-state index contributed by atoms with van der Waals surface area (Å²) in [6.07, 6.45) is 0. The number of carbonyl (C=O) groups is 1. The van der Waals surface area contributed by atoms with Gasteiger partial charge in [0.05, 0.1) is 0 Å². The summed E-state index contributed by atoms with van der Waals surface area (Å²) in [5.74, 6) is 25.1. The number of benzene rings is 1. The predicted molar refractivity (Wildman–Crippen MR) is 111 cm³/mol. The molecule has 1 aromatic carbocycles. The van der Waals surface area contributed by atoms with E-state index in [0.717, 1.165) is 16.9 Å². The Labute approximate surface area is 168 Å². The Balaban J connectivity index is 1.58. The zero-order valence-electron chi connectivity index (χ0n) is 15.6. The molecule has 2 heterocycles. The Morgan fingerprint density at radius 3 is 2.31 bits per heavy atom. The van der Waals surface area contributed by atoms with Gasteiger partial charge in [0, 0.05) is 28.9 Å². The van der Waals surface area contributed by atoms with Crippen LogP contribution in [0.25, 0.3) is 17.0 Å². The van der Waals surface area contributed by atoms with Gasteiger partial charge in [0.2, 0.25) is 0 Å². The molecule has 0 unspecified atom stereocenters. The molecule has 0 aliphatic carbocycles. The summed E-state index contributed by atoms with van der Waals surface area (Å²) in [6.45, 7) is 3.63. The maximum absolute atomic E-state index is 11.8. The molecule has 0 saturated heterocycles. The van der Waals surface area contributed by atoms with Gasteiger partial charge in [0.1, 0.15) is 0 Å². The van der Waals surface area contributed by atoms with Crippen LogP contribution in [0.5, 0.6) is 0 Å². The van der Waals surface area contributed by atoms with Crippen molar-refractivity contribution >= 4 is 17.2 Å². The second-order valence-corrected chi connectivity index (χ2v) is 5.55. The molecular weight excluding hydrogens is 362 g/mol. The third-order valence-electron chi connectivity index (χ3n) is 3.40. The number of hydrogen-bond acceptors (Lipinski definition) is 3. The third-order valence-corrected chi connectivity index (χ3v) is 3.40. The number of nitrogens with zero attached hydrogens (tertiary/aromatic N) is 3. The fourth-order valence-corrected chi connectivity index (χ4v) is 2.22. The van der Waals surface area contributed by atoms with Gasteiger partial charge in [-0.15, -0.1) is 5.10 Å². The van der Waals surface area contributed by atoms with Crippen LogP contribution < -0.4 is 5.32 Å². The number of aromatic amines is 1. The topological polar surface area (TPSA) is 75.1 Å². The smallest absolute Gasteiger partial charge is 0.301 e. The van der Waals surface area contributed by atoms with Gasteiger partial charge in [-0.2, -0.15) is 4.63 Å². The second kappa shape index (κ2) is 9.21. The van der Waals surface area contributed by atoms with Crippen LogP contribution in [0.3, 0.4) is 0 Å². The molecule has 0 saturated carbocycles. The van der Waals surface area contributed by atoms with Crippen LogP contribution in [0.2, 0.25) is 0 Å². The van der Waals surface area contributed by atoms with Gasteiger partial charge in [0.15, 0.2) is 11.5 Å². The van der Waals surface area contributed by atoms with Crippen molar-refractivity contribution < 1.29 is 4.79 Å². The zero-order valence-corrected chi connectivity index (χ0v) is 15.6. The van der Waals surface area contributed by atoms with Crippen molar-refractivity contribution in [3.05, 3.63) is 36.0 Å². The Morgan fingerprint density at radius 1 is 1.00 bits per heavy atom. The molecule has 2 N–H and O–H groups in total. The van der Waals surface area contributed by atoms with Crippen LogP contribution in [0.1, 0.15) is 12.6 Å². The van der Waals surface area contributed by atoms with Gasteiger partial charge in [-0.1, -0.05) is 5.92 Å². The number of carbonyl (C=O) groups excluding carboxylic acids is 1. The van der Waals surface area contributed by atoms with E-state index in [9.17, 15) is 4.79 Å². The van der Waals surface area contributed by atoms with E-state index in [-0.39, 0.29) is 0 Å². The summed E-state index contributed by atoms with van der Waals surface area (Å²) in [6, 6.07) is 9.07. The minimum absolute atomic E-state index is 0.470. The molecule has 136 valence electrons. The van der Waals surface area contributed by atoms with Crippen LogP contribution in [0, 0.1) is 66.1 Å². The molecular formula is C23H13N5O. The van der Waals surface area contributed by atoms with Crippen LogP contribution in [-0.2, 0) is 4.79 Å². The molecule has 0 aliphatic heterocycles.